The van der Waals surface area contributed by atoms with Gasteiger partial charge in [0, 0.05) is 6.42 Å². The Hall–Kier alpha value is -0.870. The first-order chi connectivity index (χ1) is 31.7. The lowest BCUT2D eigenvalue weighted by Gasteiger charge is -2.22. The average molecular weight is 903 g/mol. The van der Waals surface area contributed by atoms with Gasteiger partial charge in [0.1, 0.15) is 0 Å². The molecule has 2 atom stereocenters. The van der Waals surface area contributed by atoms with Crippen molar-refractivity contribution in [2.75, 3.05) is 6.61 Å². The van der Waals surface area contributed by atoms with Crippen LogP contribution in [0.3, 0.4) is 0 Å². The third kappa shape index (κ3) is 52.1. The lowest BCUT2D eigenvalue weighted by molar-refractivity contribution is -0.123. The summed E-state index contributed by atoms with van der Waals surface area (Å²) in [6, 6.07) is -0.532. The second-order valence-electron chi connectivity index (χ2n) is 20.8. The topological polar surface area (TPSA) is 69.6 Å². The maximum Gasteiger partial charge on any atom is 0.220 e. The molecule has 0 saturated heterocycles. The van der Waals surface area contributed by atoms with E-state index in [0.29, 0.717) is 12.8 Å². The van der Waals surface area contributed by atoms with Crippen LogP contribution in [0.15, 0.2) is 12.2 Å². The van der Waals surface area contributed by atoms with Crippen LogP contribution in [0.4, 0.5) is 0 Å². The first-order valence-electron chi connectivity index (χ1n) is 29.9. The number of hydrogen-bond acceptors (Lipinski definition) is 3. The molecule has 1 amide bonds. The maximum atomic E-state index is 12.5. The second kappa shape index (κ2) is 56.5. The molecule has 4 nitrogen and oxygen atoms in total. The summed E-state index contributed by atoms with van der Waals surface area (Å²) in [6.07, 6.45) is 73.7. The highest BCUT2D eigenvalue weighted by atomic mass is 16.3. The lowest BCUT2D eigenvalue weighted by Crippen LogP contribution is -2.45. The van der Waals surface area contributed by atoms with Gasteiger partial charge in [-0.3, -0.25) is 4.79 Å². The van der Waals surface area contributed by atoms with Crippen LogP contribution in [0.25, 0.3) is 0 Å². The van der Waals surface area contributed by atoms with E-state index in [9.17, 15) is 15.0 Å². The fraction of sp³-hybridized carbons (Fsp3) is 0.950. The summed E-state index contributed by atoms with van der Waals surface area (Å²) in [4.78, 5) is 12.5. The molecule has 0 rings (SSSR count). The van der Waals surface area contributed by atoms with Crippen molar-refractivity contribution in [2.24, 2.45) is 0 Å². The van der Waals surface area contributed by atoms with E-state index in [1.165, 1.54) is 295 Å². The fourth-order valence-corrected chi connectivity index (χ4v) is 9.71. The summed E-state index contributed by atoms with van der Waals surface area (Å²) in [5, 5.41) is 23.3. The lowest BCUT2D eigenvalue weighted by atomic mass is 10.0. The van der Waals surface area contributed by atoms with Gasteiger partial charge in [0.15, 0.2) is 0 Å². The van der Waals surface area contributed by atoms with Crippen molar-refractivity contribution in [2.45, 2.75) is 360 Å². The van der Waals surface area contributed by atoms with Crippen molar-refractivity contribution < 1.29 is 15.0 Å². The minimum Gasteiger partial charge on any atom is -0.394 e. The van der Waals surface area contributed by atoms with Crippen LogP contribution in [-0.2, 0) is 4.79 Å². The first-order valence-corrected chi connectivity index (χ1v) is 29.9. The Morgan fingerprint density at radius 3 is 0.859 bits per heavy atom. The van der Waals surface area contributed by atoms with Gasteiger partial charge >= 0.3 is 0 Å². The highest BCUT2D eigenvalue weighted by molar-refractivity contribution is 5.76. The van der Waals surface area contributed by atoms with E-state index in [2.05, 4.69) is 31.3 Å². The molecule has 3 N–H and O–H groups in total. The zero-order valence-corrected chi connectivity index (χ0v) is 44.1. The number of allylic oxidation sites excluding steroid dienone is 2. The molecule has 64 heavy (non-hydrogen) atoms. The Morgan fingerprint density at radius 2 is 0.594 bits per heavy atom. The molecule has 0 aromatic rings. The van der Waals surface area contributed by atoms with E-state index in [-0.39, 0.29) is 12.5 Å². The zero-order valence-electron chi connectivity index (χ0n) is 44.1. The van der Waals surface area contributed by atoms with Gasteiger partial charge in [-0.15, -0.1) is 0 Å². The molecular weight excluding hydrogens is 783 g/mol. The Labute approximate surface area is 403 Å². The molecular formula is C60H119NO3. The van der Waals surface area contributed by atoms with Crippen molar-refractivity contribution in [3.63, 3.8) is 0 Å². The number of unbranched alkanes of at least 4 members (excludes halogenated alkanes) is 47. The van der Waals surface area contributed by atoms with Crippen LogP contribution >= 0.6 is 0 Å². The van der Waals surface area contributed by atoms with Gasteiger partial charge in [0.2, 0.25) is 5.91 Å². The van der Waals surface area contributed by atoms with E-state index in [0.717, 1.165) is 25.7 Å². The zero-order chi connectivity index (χ0) is 46.3. The van der Waals surface area contributed by atoms with Gasteiger partial charge in [0.05, 0.1) is 18.8 Å². The molecule has 0 aromatic carbocycles. The van der Waals surface area contributed by atoms with E-state index >= 15 is 0 Å². The number of aliphatic hydroxyl groups excluding tert-OH is 2. The molecule has 382 valence electrons. The Balaban J connectivity index is 3.34. The number of carbonyl (C=O) groups excluding carboxylic acids is 1. The highest BCUT2D eigenvalue weighted by Crippen LogP contribution is 2.18. The van der Waals surface area contributed by atoms with Crippen LogP contribution in [0, 0.1) is 0 Å². The summed E-state index contributed by atoms with van der Waals surface area (Å²) in [6.45, 7) is 4.39. The number of nitrogens with one attached hydrogen (secondary N) is 1. The molecule has 0 aliphatic heterocycles. The standard InChI is InChI=1S/C60H119NO3/c1-3-5-7-9-11-13-15-17-19-20-21-22-23-24-25-26-27-28-29-30-31-32-33-34-35-36-37-38-39-40-42-44-46-48-50-52-54-56-60(64)61-58(57-62)59(63)55-53-51-49-47-45-43-41-18-16-14-12-10-8-6-4-2/h20-21,58-59,62-63H,3-19,22-57H2,1-2H3,(H,61,64)/b21-20-. The summed E-state index contributed by atoms with van der Waals surface area (Å²) in [5.74, 6) is -0.0235. The minimum absolute atomic E-state index is 0.0235. The minimum atomic E-state index is -0.655. The van der Waals surface area contributed by atoms with E-state index in [1.807, 2.05) is 0 Å². The molecule has 0 fully saturated rings. The molecule has 0 radical (unpaired) electrons. The third-order valence-corrected chi connectivity index (χ3v) is 14.3. The fourth-order valence-electron chi connectivity index (χ4n) is 9.71. The third-order valence-electron chi connectivity index (χ3n) is 14.3. The SMILES string of the molecule is CCCCCCCCCC/C=C\CCCCCCCCCCCCCCCCCCCCCCCCCCCC(=O)NC(CO)C(O)CCCCCCCCCCCCCCCCC. The van der Waals surface area contributed by atoms with Crippen LogP contribution in [0.2, 0.25) is 0 Å². The molecule has 0 aromatic heterocycles. The second-order valence-corrected chi connectivity index (χ2v) is 20.8. The number of carbonyl (C=O) groups is 1. The number of rotatable bonds is 56. The maximum absolute atomic E-state index is 12.5. The molecule has 0 aliphatic rings. The Kier molecular flexibility index (Phi) is 55.7. The number of hydrogen-bond donors (Lipinski definition) is 3. The van der Waals surface area contributed by atoms with Gasteiger partial charge in [-0.1, -0.05) is 315 Å². The summed E-state index contributed by atoms with van der Waals surface area (Å²) < 4.78 is 0. The van der Waals surface area contributed by atoms with E-state index in [1.54, 1.807) is 0 Å². The summed E-state index contributed by atoms with van der Waals surface area (Å²) in [7, 11) is 0. The van der Waals surface area contributed by atoms with Crippen molar-refractivity contribution in [1.29, 1.82) is 0 Å². The molecule has 0 aliphatic carbocycles. The van der Waals surface area contributed by atoms with Crippen molar-refractivity contribution in [3.05, 3.63) is 12.2 Å². The smallest absolute Gasteiger partial charge is 0.220 e. The quantitative estimate of drug-likeness (QED) is 0.0421. The summed E-state index contributed by atoms with van der Waals surface area (Å²) >= 11 is 0. The van der Waals surface area contributed by atoms with Crippen molar-refractivity contribution >= 4 is 5.91 Å². The number of amides is 1. The first kappa shape index (κ1) is 63.1. The normalized spacial score (nSPS) is 12.8. The van der Waals surface area contributed by atoms with Crippen molar-refractivity contribution in [3.8, 4) is 0 Å². The van der Waals surface area contributed by atoms with Gasteiger partial charge in [-0.25, -0.2) is 0 Å². The summed E-state index contributed by atoms with van der Waals surface area (Å²) in [5.41, 5.74) is 0. The average Bonchev–Trinajstić information content (AvgIpc) is 3.30. The van der Waals surface area contributed by atoms with Crippen LogP contribution in [-0.4, -0.2) is 34.9 Å². The molecule has 0 heterocycles. The van der Waals surface area contributed by atoms with E-state index < -0.39 is 12.1 Å². The number of aliphatic hydroxyl groups is 2. The Bertz CT molecular complexity index is 890. The predicted molar refractivity (Wildman–Crippen MR) is 286 cm³/mol. The van der Waals surface area contributed by atoms with Crippen LogP contribution < -0.4 is 5.32 Å². The predicted octanol–water partition coefficient (Wildman–Crippen LogP) is 19.7. The molecule has 4 heteroatoms. The van der Waals surface area contributed by atoms with Crippen molar-refractivity contribution in [1.82, 2.24) is 5.32 Å². The van der Waals surface area contributed by atoms with Gasteiger partial charge in [-0.2, -0.15) is 0 Å². The van der Waals surface area contributed by atoms with Crippen LogP contribution in [0.1, 0.15) is 348 Å². The molecule has 2 unspecified atom stereocenters. The monoisotopic (exact) mass is 902 g/mol. The van der Waals surface area contributed by atoms with Gasteiger partial charge < -0.3 is 15.5 Å². The van der Waals surface area contributed by atoms with Gasteiger partial charge in [0.25, 0.3) is 0 Å². The largest absolute Gasteiger partial charge is 0.394 e. The van der Waals surface area contributed by atoms with E-state index in [4.69, 9.17) is 0 Å². The molecule has 0 bridgehead atoms. The van der Waals surface area contributed by atoms with Crippen LogP contribution in [0.5, 0.6) is 0 Å². The highest BCUT2D eigenvalue weighted by Gasteiger charge is 2.20. The molecule has 0 spiro atoms. The van der Waals surface area contributed by atoms with Gasteiger partial charge in [-0.05, 0) is 38.5 Å². The Morgan fingerprint density at radius 1 is 0.359 bits per heavy atom. The molecule has 0 saturated carbocycles.